The van der Waals surface area contributed by atoms with Crippen LogP contribution in [0.3, 0.4) is 0 Å². The molecule has 0 saturated heterocycles. The van der Waals surface area contributed by atoms with Crippen molar-refractivity contribution in [2.45, 2.75) is 0 Å². The Hall–Kier alpha value is -6.64. The first kappa shape index (κ1) is 27.3. The van der Waals surface area contributed by atoms with Crippen molar-refractivity contribution in [3.63, 3.8) is 0 Å². The van der Waals surface area contributed by atoms with Crippen molar-refractivity contribution in [1.29, 1.82) is 0 Å². The third-order valence-electron chi connectivity index (χ3n) is 10.5. The molecule has 2 aromatic heterocycles. The van der Waals surface area contributed by atoms with Gasteiger partial charge in [0.05, 0.1) is 0 Å². The molecule has 232 valence electrons. The third kappa shape index (κ3) is 4.03. The standard InChI is InChI=1S/C48H28O2/c1-2-8-29(9-3-1)33-19-24-45-43(27-33)40-22-23-41-44-28-34(20-25-46(44)50-48(41)47(40)49-45)31-16-14-30(15-17-31)32-18-21-39-37-12-5-4-10-35(37)36-11-6-7-13-38(36)42(39)26-32/h1-28H. The molecule has 0 aliphatic carbocycles. The molecule has 9 aromatic carbocycles. The van der Waals surface area contributed by atoms with Gasteiger partial charge in [-0.05, 0) is 108 Å². The van der Waals surface area contributed by atoms with Crippen molar-refractivity contribution in [2.75, 3.05) is 0 Å². The van der Waals surface area contributed by atoms with Gasteiger partial charge < -0.3 is 8.83 Å². The molecule has 2 heteroatoms. The average molecular weight is 637 g/mol. The van der Waals surface area contributed by atoms with Gasteiger partial charge in [0.25, 0.3) is 0 Å². The van der Waals surface area contributed by atoms with Gasteiger partial charge in [0, 0.05) is 21.5 Å². The van der Waals surface area contributed by atoms with E-state index in [4.69, 9.17) is 8.83 Å². The fraction of sp³-hybridized carbons (Fsp3) is 0. The Balaban J connectivity index is 0.981. The normalized spacial score (nSPS) is 12.0. The van der Waals surface area contributed by atoms with E-state index in [0.717, 1.165) is 49.4 Å². The van der Waals surface area contributed by atoms with E-state index in [9.17, 15) is 0 Å². The zero-order chi connectivity index (χ0) is 32.8. The minimum absolute atomic E-state index is 0.791. The fourth-order valence-corrected chi connectivity index (χ4v) is 8.00. The van der Waals surface area contributed by atoms with Crippen molar-refractivity contribution >= 4 is 76.2 Å². The summed E-state index contributed by atoms with van der Waals surface area (Å²) < 4.78 is 12.9. The molecule has 0 amide bonds. The largest absolute Gasteiger partial charge is 0.452 e. The highest BCUT2D eigenvalue weighted by Crippen LogP contribution is 2.41. The molecular formula is C48H28O2. The third-order valence-corrected chi connectivity index (χ3v) is 10.5. The molecule has 0 fully saturated rings. The highest BCUT2D eigenvalue weighted by Gasteiger charge is 2.17. The number of rotatable bonds is 3. The van der Waals surface area contributed by atoms with Crippen molar-refractivity contribution < 1.29 is 8.83 Å². The fourth-order valence-electron chi connectivity index (χ4n) is 8.00. The maximum absolute atomic E-state index is 6.48. The van der Waals surface area contributed by atoms with Crippen LogP contribution in [0.4, 0.5) is 0 Å². The van der Waals surface area contributed by atoms with Crippen LogP contribution >= 0.6 is 0 Å². The van der Waals surface area contributed by atoms with Gasteiger partial charge in [0.1, 0.15) is 11.2 Å². The Kier molecular flexibility index (Phi) is 5.70. The Morgan fingerprint density at radius 1 is 0.220 bits per heavy atom. The number of furan rings is 2. The summed E-state index contributed by atoms with van der Waals surface area (Å²) >= 11 is 0. The number of fused-ring (bicyclic) bond motifs is 13. The van der Waals surface area contributed by atoms with Crippen molar-refractivity contribution in [1.82, 2.24) is 0 Å². The van der Waals surface area contributed by atoms with E-state index in [2.05, 4.69) is 164 Å². The maximum Gasteiger partial charge on any atom is 0.178 e. The van der Waals surface area contributed by atoms with Crippen LogP contribution in [0.15, 0.2) is 179 Å². The Morgan fingerprint density at radius 2 is 0.560 bits per heavy atom. The van der Waals surface area contributed by atoms with Crippen LogP contribution in [0.1, 0.15) is 0 Å². The van der Waals surface area contributed by atoms with Crippen LogP contribution in [0.5, 0.6) is 0 Å². The highest BCUT2D eigenvalue weighted by atomic mass is 16.4. The molecule has 0 aliphatic heterocycles. The second-order valence-corrected chi connectivity index (χ2v) is 13.2. The van der Waals surface area contributed by atoms with E-state index >= 15 is 0 Å². The topological polar surface area (TPSA) is 26.3 Å². The lowest BCUT2D eigenvalue weighted by atomic mass is 9.92. The molecule has 0 unspecified atom stereocenters. The molecule has 0 saturated carbocycles. The predicted molar refractivity (Wildman–Crippen MR) is 210 cm³/mol. The van der Waals surface area contributed by atoms with Crippen LogP contribution < -0.4 is 0 Å². The first-order chi connectivity index (χ1) is 24.8. The number of benzene rings is 9. The van der Waals surface area contributed by atoms with Gasteiger partial charge >= 0.3 is 0 Å². The summed E-state index contributed by atoms with van der Waals surface area (Å²) in [6, 6.07) is 61.0. The van der Waals surface area contributed by atoms with Crippen LogP contribution in [-0.4, -0.2) is 0 Å². The molecule has 0 aliphatic rings. The van der Waals surface area contributed by atoms with Crippen LogP contribution in [0.25, 0.3) is 110 Å². The molecule has 50 heavy (non-hydrogen) atoms. The summed E-state index contributed by atoms with van der Waals surface area (Å²) in [5.74, 6) is 0. The van der Waals surface area contributed by atoms with Gasteiger partial charge in [-0.1, -0.05) is 127 Å². The lowest BCUT2D eigenvalue weighted by Crippen LogP contribution is -1.85. The first-order valence-corrected chi connectivity index (χ1v) is 17.1. The predicted octanol–water partition coefficient (Wildman–Crippen LogP) is 13.9. The number of hydrogen-bond acceptors (Lipinski definition) is 2. The zero-order valence-electron chi connectivity index (χ0n) is 27.0. The average Bonchev–Trinajstić information content (AvgIpc) is 3.76. The molecule has 11 aromatic rings. The zero-order valence-corrected chi connectivity index (χ0v) is 27.0. The van der Waals surface area contributed by atoms with Crippen molar-refractivity contribution in [2.24, 2.45) is 0 Å². The van der Waals surface area contributed by atoms with E-state index < -0.39 is 0 Å². The second kappa shape index (κ2) is 10.4. The van der Waals surface area contributed by atoms with Crippen LogP contribution in [0, 0.1) is 0 Å². The molecule has 0 bridgehead atoms. The van der Waals surface area contributed by atoms with Gasteiger partial charge in [-0.3, -0.25) is 0 Å². The van der Waals surface area contributed by atoms with Crippen LogP contribution in [0.2, 0.25) is 0 Å². The van der Waals surface area contributed by atoms with Gasteiger partial charge in [0.2, 0.25) is 0 Å². The summed E-state index contributed by atoms with van der Waals surface area (Å²) in [5.41, 5.74) is 10.4. The Labute approximate surface area is 287 Å². The molecule has 11 rings (SSSR count). The van der Waals surface area contributed by atoms with E-state index in [1.165, 1.54) is 60.1 Å². The van der Waals surface area contributed by atoms with Gasteiger partial charge in [0.15, 0.2) is 11.2 Å². The SMILES string of the molecule is c1ccc(-c2ccc3oc4c(ccc5c6cc(-c7ccc(-c8ccc9c%10ccccc%10c%10ccccc%10c9c8)cc7)ccc6oc54)c3c2)cc1. The second-order valence-electron chi connectivity index (χ2n) is 13.2. The lowest BCUT2D eigenvalue weighted by molar-refractivity contribution is 0.633. The minimum atomic E-state index is 0.791. The van der Waals surface area contributed by atoms with E-state index in [0.29, 0.717) is 0 Å². The quantitative estimate of drug-likeness (QED) is 0.180. The first-order valence-electron chi connectivity index (χ1n) is 17.1. The van der Waals surface area contributed by atoms with E-state index in [1.807, 2.05) is 6.07 Å². The van der Waals surface area contributed by atoms with Crippen molar-refractivity contribution in [3.8, 4) is 33.4 Å². The summed E-state index contributed by atoms with van der Waals surface area (Å²) in [7, 11) is 0. The highest BCUT2D eigenvalue weighted by molar-refractivity contribution is 6.26. The summed E-state index contributed by atoms with van der Waals surface area (Å²) in [6.45, 7) is 0. The molecule has 2 nitrogen and oxygen atoms in total. The van der Waals surface area contributed by atoms with E-state index in [-0.39, 0.29) is 0 Å². The molecular weight excluding hydrogens is 609 g/mol. The molecule has 2 heterocycles. The Bertz CT molecular complexity index is 3090. The monoisotopic (exact) mass is 636 g/mol. The van der Waals surface area contributed by atoms with E-state index in [1.54, 1.807) is 0 Å². The van der Waals surface area contributed by atoms with Crippen molar-refractivity contribution in [3.05, 3.63) is 170 Å². The maximum atomic E-state index is 6.48. The summed E-state index contributed by atoms with van der Waals surface area (Å²) in [6.07, 6.45) is 0. The van der Waals surface area contributed by atoms with Gasteiger partial charge in [-0.25, -0.2) is 0 Å². The Morgan fingerprint density at radius 3 is 1.06 bits per heavy atom. The lowest BCUT2D eigenvalue weighted by Gasteiger charge is -2.12. The molecule has 0 radical (unpaired) electrons. The minimum Gasteiger partial charge on any atom is -0.452 e. The molecule has 0 N–H and O–H groups in total. The summed E-state index contributed by atoms with van der Waals surface area (Å²) in [4.78, 5) is 0. The molecule has 0 spiro atoms. The number of hydrogen-bond donors (Lipinski definition) is 0. The van der Waals surface area contributed by atoms with Gasteiger partial charge in [-0.15, -0.1) is 0 Å². The van der Waals surface area contributed by atoms with Crippen LogP contribution in [-0.2, 0) is 0 Å². The van der Waals surface area contributed by atoms with Gasteiger partial charge in [-0.2, -0.15) is 0 Å². The molecule has 0 atom stereocenters. The summed E-state index contributed by atoms with van der Waals surface area (Å²) in [5, 5.41) is 12.1. The smallest absolute Gasteiger partial charge is 0.178 e.